The van der Waals surface area contributed by atoms with Gasteiger partial charge in [0.05, 0.1) is 29.0 Å². The van der Waals surface area contributed by atoms with Gasteiger partial charge in [-0.25, -0.2) is 19.9 Å². The highest BCUT2D eigenvalue weighted by Crippen LogP contribution is 2.29. The Labute approximate surface area is 207 Å². The van der Waals surface area contributed by atoms with Crippen molar-refractivity contribution < 1.29 is 0 Å². The molecule has 0 spiro atoms. The summed E-state index contributed by atoms with van der Waals surface area (Å²) in [4.78, 5) is 20.6. The smallest absolute Gasteiger partial charge is 0.225 e. The molecule has 0 saturated heterocycles. The number of aryl methyl sites for hydroxylation is 2. The van der Waals surface area contributed by atoms with E-state index in [0.29, 0.717) is 5.82 Å². The number of nitrogens with zero attached hydrogens (tertiary/aromatic N) is 10. The summed E-state index contributed by atoms with van der Waals surface area (Å²) in [5.41, 5.74) is 7.01. The van der Waals surface area contributed by atoms with Crippen LogP contribution in [0.25, 0.3) is 17.0 Å². The lowest BCUT2D eigenvalue weighted by Crippen LogP contribution is -2.30. The van der Waals surface area contributed by atoms with Crippen LogP contribution < -0.4 is 10.2 Å². The van der Waals surface area contributed by atoms with Gasteiger partial charge in [-0.15, -0.1) is 5.10 Å². The zero-order valence-electron chi connectivity index (χ0n) is 20.1. The van der Waals surface area contributed by atoms with E-state index in [9.17, 15) is 0 Å². The van der Waals surface area contributed by atoms with Crippen molar-refractivity contribution in [2.24, 2.45) is 0 Å². The molecular weight excluding hydrogens is 454 g/mol. The van der Waals surface area contributed by atoms with Crippen molar-refractivity contribution in [2.45, 2.75) is 26.7 Å². The maximum atomic E-state index is 4.74. The number of tetrazole rings is 1. The molecule has 1 aliphatic rings. The summed E-state index contributed by atoms with van der Waals surface area (Å²) in [6.07, 6.45) is 13.4. The lowest BCUT2D eigenvalue weighted by Gasteiger charge is -2.26. The number of hydrogen-bond acceptors (Lipinski definition) is 9. The number of nitrogens with one attached hydrogen (secondary N) is 1. The Hall–Kier alpha value is -4.67. The Morgan fingerprint density at radius 2 is 1.92 bits per heavy atom. The molecule has 0 amide bonds. The fraction of sp³-hybridized carbons (Fsp3) is 0.240. The summed E-state index contributed by atoms with van der Waals surface area (Å²) in [5.74, 6) is 1.44. The number of anilines is 3. The molecule has 0 unspecified atom stereocenters. The van der Waals surface area contributed by atoms with Crippen molar-refractivity contribution in [3.8, 4) is 5.82 Å². The van der Waals surface area contributed by atoms with Crippen LogP contribution in [0.2, 0.25) is 0 Å². The van der Waals surface area contributed by atoms with Gasteiger partial charge in [0, 0.05) is 31.7 Å². The van der Waals surface area contributed by atoms with Crippen LogP contribution >= 0.6 is 0 Å². The van der Waals surface area contributed by atoms with Gasteiger partial charge in [-0.1, -0.05) is 13.0 Å². The Bertz CT molecular complexity index is 1530. The van der Waals surface area contributed by atoms with Crippen molar-refractivity contribution in [2.75, 3.05) is 23.3 Å². The molecule has 0 bridgehead atoms. The van der Waals surface area contributed by atoms with Crippen LogP contribution in [0.3, 0.4) is 0 Å². The predicted molar refractivity (Wildman–Crippen MR) is 136 cm³/mol. The van der Waals surface area contributed by atoms with Gasteiger partial charge in [0.25, 0.3) is 0 Å². The summed E-state index contributed by atoms with van der Waals surface area (Å²) >= 11 is 0. The summed E-state index contributed by atoms with van der Waals surface area (Å²) in [7, 11) is 0. The average molecular weight is 480 g/mol. The highest BCUT2D eigenvalue weighted by Gasteiger charge is 2.18. The van der Waals surface area contributed by atoms with E-state index in [0.717, 1.165) is 65.9 Å². The number of aromatic nitrogens is 9. The van der Waals surface area contributed by atoms with E-state index >= 15 is 0 Å². The van der Waals surface area contributed by atoms with Crippen LogP contribution in [-0.2, 0) is 6.42 Å². The Morgan fingerprint density at radius 3 is 2.64 bits per heavy atom. The number of rotatable bonds is 6. The molecule has 36 heavy (non-hydrogen) atoms. The van der Waals surface area contributed by atoms with Gasteiger partial charge < -0.3 is 10.2 Å². The van der Waals surface area contributed by atoms with E-state index in [-0.39, 0.29) is 0 Å². The first kappa shape index (κ1) is 21.8. The van der Waals surface area contributed by atoms with Gasteiger partial charge in [-0.2, -0.15) is 4.68 Å². The average Bonchev–Trinajstić information content (AvgIpc) is 3.61. The molecule has 0 atom stereocenters. The summed E-state index contributed by atoms with van der Waals surface area (Å²) < 4.78 is 3.67. The van der Waals surface area contributed by atoms with Gasteiger partial charge in [0.2, 0.25) is 5.95 Å². The van der Waals surface area contributed by atoms with Crippen molar-refractivity contribution in [1.29, 1.82) is 0 Å². The first-order chi connectivity index (χ1) is 17.7. The molecule has 6 heterocycles. The molecule has 6 rings (SSSR count). The van der Waals surface area contributed by atoms with Gasteiger partial charge in [0.1, 0.15) is 6.33 Å². The first-order valence-corrected chi connectivity index (χ1v) is 11.9. The Morgan fingerprint density at radius 1 is 1.03 bits per heavy atom. The second-order valence-electron chi connectivity index (χ2n) is 8.61. The summed E-state index contributed by atoms with van der Waals surface area (Å²) in [6.45, 7) is 5.69. The Kier molecular flexibility index (Phi) is 5.56. The maximum Gasteiger partial charge on any atom is 0.225 e. The number of imidazole rings is 1. The van der Waals surface area contributed by atoms with Crippen molar-refractivity contribution >= 4 is 28.5 Å². The second-order valence-corrected chi connectivity index (χ2v) is 8.61. The maximum absolute atomic E-state index is 4.74. The van der Waals surface area contributed by atoms with Crippen LogP contribution in [0.1, 0.15) is 30.3 Å². The van der Waals surface area contributed by atoms with Crippen LogP contribution in [0, 0.1) is 6.92 Å². The lowest BCUT2D eigenvalue weighted by atomic mass is 10.1. The van der Waals surface area contributed by atoms with Gasteiger partial charge in [-0.05, 0) is 65.6 Å². The van der Waals surface area contributed by atoms with Crippen LogP contribution in [0.4, 0.5) is 17.3 Å². The van der Waals surface area contributed by atoms with Crippen LogP contribution in [0.15, 0.2) is 61.5 Å². The molecule has 1 N–H and O–H groups in total. The SMILES string of the molecule is CCc1cnc(N2CC=C(c3cnc4c(Nc5ccc(-n6cnnn6)nc5C)cccn34)CC2)nc1. The molecule has 5 aromatic heterocycles. The van der Waals surface area contributed by atoms with E-state index < -0.39 is 0 Å². The molecular formula is C25H25N11. The fourth-order valence-corrected chi connectivity index (χ4v) is 4.34. The largest absolute Gasteiger partial charge is 0.351 e. The van der Waals surface area contributed by atoms with E-state index in [1.165, 1.54) is 16.6 Å². The molecule has 0 saturated carbocycles. The Balaban J connectivity index is 1.23. The van der Waals surface area contributed by atoms with E-state index in [4.69, 9.17) is 4.98 Å². The molecule has 0 aliphatic carbocycles. The lowest BCUT2D eigenvalue weighted by molar-refractivity contribution is 0.768. The highest BCUT2D eigenvalue weighted by molar-refractivity contribution is 5.78. The minimum atomic E-state index is 0.661. The molecule has 0 radical (unpaired) electrons. The predicted octanol–water partition coefficient (Wildman–Crippen LogP) is 3.40. The third kappa shape index (κ3) is 4.04. The highest BCUT2D eigenvalue weighted by atomic mass is 15.5. The summed E-state index contributed by atoms with van der Waals surface area (Å²) in [6, 6.07) is 7.90. The number of fused-ring (bicyclic) bond motifs is 1. The molecule has 0 fully saturated rings. The van der Waals surface area contributed by atoms with Crippen molar-refractivity contribution in [3.63, 3.8) is 0 Å². The van der Waals surface area contributed by atoms with Gasteiger partial charge in [-0.3, -0.25) is 4.40 Å². The van der Waals surface area contributed by atoms with Gasteiger partial charge in [0.15, 0.2) is 11.5 Å². The van der Waals surface area contributed by atoms with Crippen molar-refractivity contribution in [1.82, 2.24) is 44.5 Å². The number of hydrogen-bond donors (Lipinski definition) is 1. The van der Waals surface area contributed by atoms with Crippen molar-refractivity contribution in [3.05, 3.63) is 78.4 Å². The van der Waals surface area contributed by atoms with E-state index in [1.807, 2.05) is 49.8 Å². The standard InChI is InChI=1S/C25H25N11/c1-3-18-13-27-25(28-14-18)34-11-8-19(9-12-34)22-15-26-24-21(5-4-10-35(22)24)31-20-6-7-23(30-17(20)2)36-16-29-32-33-36/h4-8,10,13-16,31H,3,9,11-12H2,1-2H3. The van der Waals surface area contributed by atoms with E-state index in [1.54, 1.807) is 0 Å². The number of pyridine rings is 2. The monoisotopic (exact) mass is 479 g/mol. The molecule has 0 aromatic carbocycles. The molecule has 11 heteroatoms. The van der Waals surface area contributed by atoms with Crippen LogP contribution in [-0.4, -0.2) is 57.6 Å². The zero-order valence-corrected chi connectivity index (χ0v) is 20.1. The molecule has 5 aromatic rings. The second kappa shape index (κ2) is 9.17. The quantitative estimate of drug-likeness (QED) is 0.391. The topological polar surface area (TPSA) is 115 Å². The first-order valence-electron chi connectivity index (χ1n) is 11.9. The van der Waals surface area contributed by atoms with E-state index in [2.05, 4.69) is 64.3 Å². The van der Waals surface area contributed by atoms with Crippen LogP contribution in [0.5, 0.6) is 0 Å². The molecule has 11 nitrogen and oxygen atoms in total. The molecule has 180 valence electrons. The van der Waals surface area contributed by atoms with Gasteiger partial charge >= 0.3 is 0 Å². The molecule has 1 aliphatic heterocycles. The zero-order chi connectivity index (χ0) is 24.5. The fourth-order valence-electron chi connectivity index (χ4n) is 4.34. The minimum Gasteiger partial charge on any atom is -0.351 e. The summed E-state index contributed by atoms with van der Waals surface area (Å²) in [5, 5.41) is 14.7. The normalized spacial score (nSPS) is 13.7. The third-order valence-corrected chi connectivity index (χ3v) is 6.38. The third-order valence-electron chi connectivity index (χ3n) is 6.38. The minimum absolute atomic E-state index is 0.661.